The molecule has 0 spiro atoms. The van der Waals surface area contributed by atoms with Crippen molar-refractivity contribution in [1.82, 2.24) is 9.88 Å². The van der Waals surface area contributed by atoms with Crippen molar-refractivity contribution in [3.63, 3.8) is 0 Å². The lowest BCUT2D eigenvalue weighted by Gasteiger charge is -2.21. The molecule has 30 heavy (non-hydrogen) atoms. The largest absolute Gasteiger partial charge is 0.309 e. The fourth-order valence-corrected chi connectivity index (χ4v) is 5.32. The number of amides is 1. The number of rotatable bonds is 8. The van der Waals surface area contributed by atoms with Crippen LogP contribution in [0.15, 0.2) is 47.4 Å². The average molecular weight is 470 g/mol. The van der Waals surface area contributed by atoms with Crippen molar-refractivity contribution >= 4 is 54.0 Å². The second kappa shape index (κ2) is 9.38. The van der Waals surface area contributed by atoms with E-state index in [1.807, 2.05) is 19.0 Å². The Morgan fingerprint density at radius 1 is 1.13 bits per heavy atom. The van der Waals surface area contributed by atoms with E-state index in [2.05, 4.69) is 4.98 Å². The van der Waals surface area contributed by atoms with Gasteiger partial charge in [-0.2, -0.15) is 0 Å². The molecule has 0 radical (unpaired) electrons. The molecule has 3 aromatic rings. The third-order valence-corrected chi connectivity index (χ3v) is 7.24. The summed E-state index contributed by atoms with van der Waals surface area (Å²) in [5, 5.41) is 0.979. The first kappa shape index (κ1) is 22.6. The number of nitrogens with zero attached hydrogens (tertiary/aromatic N) is 3. The molecule has 0 bridgehead atoms. The highest BCUT2D eigenvalue weighted by Gasteiger charge is 2.26. The molecular weight excluding hydrogens is 449 g/mol. The van der Waals surface area contributed by atoms with Gasteiger partial charge in [-0.1, -0.05) is 22.9 Å². The predicted octanol–water partition coefficient (Wildman–Crippen LogP) is 3.85. The molecule has 1 amide bonds. The number of thiazole rings is 1. The van der Waals surface area contributed by atoms with Crippen molar-refractivity contribution in [2.75, 3.05) is 37.8 Å². The molecule has 0 aliphatic rings. The van der Waals surface area contributed by atoms with Crippen LogP contribution < -0.4 is 4.90 Å². The molecule has 0 N–H and O–H groups in total. The number of carbonyl (C=O) groups excluding carboxylic acids is 1. The van der Waals surface area contributed by atoms with Gasteiger partial charge in [0.15, 0.2) is 15.0 Å². The van der Waals surface area contributed by atoms with Crippen molar-refractivity contribution in [3.8, 4) is 0 Å². The van der Waals surface area contributed by atoms with Crippen LogP contribution in [0.4, 0.5) is 9.52 Å². The lowest BCUT2D eigenvalue weighted by Crippen LogP contribution is -2.37. The molecule has 0 atom stereocenters. The summed E-state index contributed by atoms with van der Waals surface area (Å²) in [4.78, 5) is 20.8. The standard InChI is InChI=1S/C20H21ClFN3O3S2/c1-24(2)10-3-11-25(20-23-17-9-4-14(21)12-18(17)29-20)19(26)13-30(27,28)16-7-5-15(22)6-8-16/h4-9,12H,3,10-11,13H2,1-2H3. The first-order chi connectivity index (χ1) is 14.2. The van der Waals surface area contributed by atoms with Crippen LogP contribution in [0.5, 0.6) is 0 Å². The zero-order chi connectivity index (χ0) is 21.9. The number of hydrogen-bond acceptors (Lipinski definition) is 6. The lowest BCUT2D eigenvalue weighted by atomic mass is 10.3. The first-order valence-electron chi connectivity index (χ1n) is 9.15. The second-order valence-corrected chi connectivity index (χ2v) is 10.5. The number of sulfone groups is 1. The Labute approximate surface area is 183 Å². The predicted molar refractivity (Wildman–Crippen MR) is 119 cm³/mol. The molecule has 1 aromatic heterocycles. The molecule has 0 fully saturated rings. The molecule has 0 saturated heterocycles. The van der Waals surface area contributed by atoms with Gasteiger partial charge in [0.05, 0.1) is 15.1 Å². The molecule has 0 unspecified atom stereocenters. The number of halogens is 2. The van der Waals surface area contributed by atoms with Gasteiger partial charge in [0, 0.05) is 11.6 Å². The molecule has 10 heteroatoms. The van der Waals surface area contributed by atoms with E-state index in [0.717, 1.165) is 35.5 Å². The molecule has 6 nitrogen and oxygen atoms in total. The Balaban J connectivity index is 1.88. The number of carbonyl (C=O) groups is 1. The summed E-state index contributed by atoms with van der Waals surface area (Å²) in [5.74, 6) is -1.85. The summed E-state index contributed by atoms with van der Waals surface area (Å²) in [6, 6.07) is 9.67. The number of fused-ring (bicyclic) bond motifs is 1. The zero-order valence-corrected chi connectivity index (χ0v) is 18.9. The van der Waals surface area contributed by atoms with Gasteiger partial charge in [0.1, 0.15) is 11.6 Å². The Kier molecular flexibility index (Phi) is 7.07. The van der Waals surface area contributed by atoms with Gasteiger partial charge in [-0.25, -0.2) is 17.8 Å². The van der Waals surface area contributed by atoms with E-state index in [9.17, 15) is 17.6 Å². The molecule has 1 heterocycles. The maximum Gasteiger partial charge on any atom is 0.244 e. The summed E-state index contributed by atoms with van der Waals surface area (Å²) in [5.41, 5.74) is 0.686. The van der Waals surface area contributed by atoms with E-state index in [0.29, 0.717) is 28.6 Å². The Morgan fingerprint density at radius 3 is 2.50 bits per heavy atom. The van der Waals surface area contributed by atoms with Crippen molar-refractivity contribution in [3.05, 3.63) is 53.3 Å². The molecule has 2 aromatic carbocycles. The SMILES string of the molecule is CN(C)CCCN(C(=O)CS(=O)(=O)c1ccc(F)cc1)c1nc2ccc(Cl)cc2s1. The average Bonchev–Trinajstić information content (AvgIpc) is 3.07. The second-order valence-electron chi connectivity index (χ2n) is 7.02. The molecule has 0 aliphatic carbocycles. The summed E-state index contributed by atoms with van der Waals surface area (Å²) in [6.45, 7) is 1.05. The van der Waals surface area contributed by atoms with E-state index in [1.165, 1.54) is 16.2 Å². The topological polar surface area (TPSA) is 70.6 Å². The normalized spacial score (nSPS) is 11.9. The van der Waals surface area contributed by atoms with Crippen LogP contribution in [0, 0.1) is 5.82 Å². The third kappa shape index (κ3) is 5.54. The molecule has 160 valence electrons. The van der Waals surface area contributed by atoms with Gasteiger partial charge in [-0.15, -0.1) is 0 Å². The summed E-state index contributed by atoms with van der Waals surface area (Å²) < 4.78 is 39.3. The molecule has 0 aliphatic heterocycles. The molecule has 3 rings (SSSR count). The van der Waals surface area contributed by atoms with E-state index >= 15 is 0 Å². The van der Waals surface area contributed by atoms with E-state index in [4.69, 9.17) is 11.6 Å². The first-order valence-corrected chi connectivity index (χ1v) is 12.0. The van der Waals surface area contributed by atoms with Crippen molar-refractivity contribution in [2.24, 2.45) is 0 Å². The van der Waals surface area contributed by atoms with Gasteiger partial charge in [-0.05, 0) is 69.5 Å². The summed E-state index contributed by atoms with van der Waals surface area (Å²) in [6.07, 6.45) is 0.645. The summed E-state index contributed by atoms with van der Waals surface area (Å²) in [7, 11) is -0.0771. The van der Waals surface area contributed by atoms with Gasteiger partial charge >= 0.3 is 0 Å². The number of anilines is 1. The quantitative estimate of drug-likeness (QED) is 0.469. The van der Waals surface area contributed by atoms with Crippen LogP contribution in [0.2, 0.25) is 5.02 Å². The van der Waals surface area contributed by atoms with Gasteiger partial charge in [-0.3, -0.25) is 9.69 Å². The minimum absolute atomic E-state index is 0.0958. The Hall–Kier alpha value is -2.07. The Morgan fingerprint density at radius 2 is 1.83 bits per heavy atom. The minimum atomic E-state index is -3.92. The van der Waals surface area contributed by atoms with Crippen LogP contribution in [0.1, 0.15) is 6.42 Å². The molecular formula is C20H21ClFN3O3S2. The molecule has 0 saturated carbocycles. The lowest BCUT2D eigenvalue weighted by molar-refractivity contribution is -0.116. The van der Waals surface area contributed by atoms with Crippen LogP contribution in [-0.2, 0) is 14.6 Å². The maximum atomic E-state index is 13.1. The highest BCUT2D eigenvalue weighted by atomic mass is 35.5. The number of aromatic nitrogens is 1. The third-order valence-electron chi connectivity index (χ3n) is 4.34. The van der Waals surface area contributed by atoms with Crippen LogP contribution >= 0.6 is 22.9 Å². The highest BCUT2D eigenvalue weighted by Crippen LogP contribution is 2.31. The summed E-state index contributed by atoms with van der Waals surface area (Å²) >= 11 is 7.32. The fraction of sp³-hybridized carbons (Fsp3) is 0.300. The van der Waals surface area contributed by atoms with Crippen molar-refractivity contribution < 1.29 is 17.6 Å². The fourth-order valence-electron chi connectivity index (χ4n) is 2.84. The van der Waals surface area contributed by atoms with Crippen LogP contribution in [-0.4, -0.2) is 57.1 Å². The van der Waals surface area contributed by atoms with Crippen LogP contribution in [0.25, 0.3) is 10.2 Å². The van der Waals surface area contributed by atoms with Crippen molar-refractivity contribution in [2.45, 2.75) is 11.3 Å². The zero-order valence-electron chi connectivity index (χ0n) is 16.5. The van der Waals surface area contributed by atoms with Crippen LogP contribution in [0.3, 0.4) is 0 Å². The number of hydrogen-bond donors (Lipinski definition) is 0. The van der Waals surface area contributed by atoms with E-state index in [-0.39, 0.29) is 4.90 Å². The maximum absolute atomic E-state index is 13.1. The van der Waals surface area contributed by atoms with Crippen molar-refractivity contribution in [1.29, 1.82) is 0 Å². The van der Waals surface area contributed by atoms with E-state index in [1.54, 1.807) is 18.2 Å². The van der Waals surface area contributed by atoms with Gasteiger partial charge < -0.3 is 4.90 Å². The van der Waals surface area contributed by atoms with Gasteiger partial charge in [0.25, 0.3) is 0 Å². The van der Waals surface area contributed by atoms with Gasteiger partial charge in [0.2, 0.25) is 5.91 Å². The number of benzene rings is 2. The Bertz CT molecular complexity index is 1150. The van der Waals surface area contributed by atoms with E-state index < -0.39 is 27.3 Å². The monoisotopic (exact) mass is 469 g/mol. The minimum Gasteiger partial charge on any atom is -0.309 e. The smallest absolute Gasteiger partial charge is 0.244 e. The highest BCUT2D eigenvalue weighted by molar-refractivity contribution is 7.92.